The van der Waals surface area contributed by atoms with E-state index >= 15 is 0 Å². The Balaban J connectivity index is 2.15. The molecule has 1 aromatic carbocycles. The van der Waals surface area contributed by atoms with Gasteiger partial charge >= 0.3 is 0 Å². The van der Waals surface area contributed by atoms with Crippen LogP contribution in [0.2, 0.25) is 0 Å². The fourth-order valence-corrected chi connectivity index (χ4v) is 2.71. The van der Waals surface area contributed by atoms with Gasteiger partial charge in [-0.1, -0.05) is 13.3 Å². The van der Waals surface area contributed by atoms with E-state index < -0.39 is 0 Å². The minimum atomic E-state index is -0.154. The third kappa shape index (κ3) is 2.72. The summed E-state index contributed by atoms with van der Waals surface area (Å²) < 4.78 is 1.62. The van der Waals surface area contributed by atoms with Gasteiger partial charge in [-0.15, -0.1) is 0 Å². The van der Waals surface area contributed by atoms with Crippen LogP contribution in [0.1, 0.15) is 19.0 Å². The number of nitrogens with zero attached hydrogens (tertiary/aromatic N) is 4. The zero-order chi connectivity index (χ0) is 16.6. The molecule has 0 radical (unpaired) electrons. The van der Waals surface area contributed by atoms with E-state index in [1.807, 2.05) is 43.3 Å². The van der Waals surface area contributed by atoms with Crippen LogP contribution >= 0.6 is 0 Å². The molecule has 0 unspecified atom stereocenters. The van der Waals surface area contributed by atoms with Gasteiger partial charge in [-0.05, 0) is 30.7 Å². The lowest BCUT2D eigenvalue weighted by atomic mass is 10.1. The molecule has 3 rings (SSSR count). The number of aromatic amines is 1. The summed E-state index contributed by atoms with van der Waals surface area (Å²) in [4.78, 5) is 22.0. The van der Waals surface area contributed by atoms with Crippen LogP contribution in [0.3, 0.4) is 0 Å². The van der Waals surface area contributed by atoms with Gasteiger partial charge in [-0.2, -0.15) is 5.10 Å². The fraction of sp³-hybridized carbons (Fsp3) is 0.353. The third-order valence-corrected chi connectivity index (χ3v) is 3.91. The number of fused-ring (bicyclic) bond motifs is 1. The van der Waals surface area contributed by atoms with E-state index in [1.54, 1.807) is 11.7 Å². The maximum Gasteiger partial charge on any atom is 0.277 e. The van der Waals surface area contributed by atoms with Crippen LogP contribution < -0.4 is 10.5 Å². The van der Waals surface area contributed by atoms with Crippen molar-refractivity contribution in [1.29, 1.82) is 0 Å². The molecule has 0 aliphatic rings. The van der Waals surface area contributed by atoms with E-state index in [-0.39, 0.29) is 5.56 Å². The second-order valence-electron chi connectivity index (χ2n) is 5.87. The van der Waals surface area contributed by atoms with Crippen LogP contribution in [-0.4, -0.2) is 33.8 Å². The van der Waals surface area contributed by atoms with Gasteiger partial charge in [-0.25, -0.2) is 4.98 Å². The maximum atomic E-state index is 12.4. The van der Waals surface area contributed by atoms with Gasteiger partial charge in [0, 0.05) is 32.4 Å². The number of aryl methyl sites for hydroxylation is 2. The zero-order valence-electron chi connectivity index (χ0n) is 13.9. The monoisotopic (exact) mass is 311 g/mol. The number of anilines is 1. The summed E-state index contributed by atoms with van der Waals surface area (Å²) in [6.07, 6.45) is 1.78. The van der Waals surface area contributed by atoms with Crippen molar-refractivity contribution in [3.63, 3.8) is 0 Å². The van der Waals surface area contributed by atoms with Crippen molar-refractivity contribution < 1.29 is 0 Å². The summed E-state index contributed by atoms with van der Waals surface area (Å²) in [6.45, 7) is 2.09. The lowest BCUT2D eigenvalue weighted by Gasteiger charge is -2.12. The minimum absolute atomic E-state index is 0.154. The van der Waals surface area contributed by atoms with E-state index in [0.717, 1.165) is 29.8 Å². The Bertz CT molecular complexity index is 890. The topological polar surface area (TPSA) is 66.8 Å². The molecule has 0 bridgehead atoms. The molecule has 6 heteroatoms. The molecule has 6 nitrogen and oxygen atoms in total. The van der Waals surface area contributed by atoms with Gasteiger partial charge in [0.05, 0.1) is 5.69 Å². The molecule has 0 aliphatic carbocycles. The molecule has 120 valence electrons. The Morgan fingerprint density at radius 2 is 1.91 bits per heavy atom. The molecule has 3 aromatic rings. The smallest absolute Gasteiger partial charge is 0.277 e. The maximum absolute atomic E-state index is 12.4. The Hall–Kier alpha value is -2.63. The largest absolute Gasteiger partial charge is 0.378 e. The molecule has 0 atom stereocenters. The summed E-state index contributed by atoms with van der Waals surface area (Å²) in [5, 5.41) is 4.44. The first kappa shape index (κ1) is 15.3. The van der Waals surface area contributed by atoms with Crippen molar-refractivity contribution >= 4 is 16.7 Å². The van der Waals surface area contributed by atoms with Gasteiger partial charge in [0.2, 0.25) is 0 Å². The van der Waals surface area contributed by atoms with Crippen molar-refractivity contribution in [3.05, 3.63) is 40.3 Å². The number of aromatic nitrogens is 4. The number of H-pyrrole nitrogens is 1. The summed E-state index contributed by atoms with van der Waals surface area (Å²) >= 11 is 0. The van der Waals surface area contributed by atoms with Gasteiger partial charge in [0.1, 0.15) is 11.3 Å². The Morgan fingerprint density at radius 1 is 1.22 bits per heavy atom. The van der Waals surface area contributed by atoms with Crippen LogP contribution in [0.25, 0.3) is 22.4 Å². The van der Waals surface area contributed by atoms with E-state index in [4.69, 9.17) is 0 Å². The van der Waals surface area contributed by atoms with Crippen molar-refractivity contribution in [2.45, 2.75) is 19.8 Å². The molecule has 0 fully saturated rings. The highest BCUT2D eigenvalue weighted by atomic mass is 16.1. The molecule has 2 aromatic heterocycles. The quantitative estimate of drug-likeness (QED) is 0.803. The minimum Gasteiger partial charge on any atom is -0.378 e. The van der Waals surface area contributed by atoms with Crippen molar-refractivity contribution in [2.24, 2.45) is 7.05 Å². The van der Waals surface area contributed by atoms with Crippen LogP contribution in [-0.2, 0) is 13.5 Å². The molecular formula is C17H21N5O. The summed E-state index contributed by atoms with van der Waals surface area (Å²) in [5.74, 6) is 0.582. The van der Waals surface area contributed by atoms with Gasteiger partial charge in [0.15, 0.2) is 5.52 Å². The SMILES string of the molecule is CCCc1nn(C)c2c(=O)[nH]c(-c3ccc(N(C)C)cc3)nc12. The van der Waals surface area contributed by atoms with Crippen LogP contribution in [0, 0.1) is 0 Å². The summed E-state index contributed by atoms with van der Waals surface area (Å²) in [7, 11) is 5.77. The van der Waals surface area contributed by atoms with Gasteiger partial charge < -0.3 is 9.88 Å². The molecule has 0 amide bonds. The van der Waals surface area contributed by atoms with Crippen molar-refractivity contribution in [1.82, 2.24) is 19.7 Å². The highest BCUT2D eigenvalue weighted by Crippen LogP contribution is 2.21. The zero-order valence-corrected chi connectivity index (χ0v) is 13.9. The van der Waals surface area contributed by atoms with Crippen molar-refractivity contribution in [3.8, 4) is 11.4 Å². The molecule has 1 N–H and O–H groups in total. The van der Waals surface area contributed by atoms with E-state index in [0.29, 0.717) is 16.9 Å². The van der Waals surface area contributed by atoms with E-state index in [2.05, 4.69) is 22.0 Å². The third-order valence-electron chi connectivity index (χ3n) is 3.91. The molecule has 0 saturated carbocycles. The number of hydrogen-bond donors (Lipinski definition) is 1. The molecule has 0 aliphatic heterocycles. The molecule has 2 heterocycles. The molecule has 0 saturated heterocycles. The lowest BCUT2D eigenvalue weighted by molar-refractivity contribution is 0.751. The summed E-state index contributed by atoms with van der Waals surface area (Å²) in [5.41, 5.74) is 3.94. The number of hydrogen-bond acceptors (Lipinski definition) is 4. The molecular weight excluding hydrogens is 290 g/mol. The average Bonchev–Trinajstić information content (AvgIpc) is 2.84. The molecule has 23 heavy (non-hydrogen) atoms. The average molecular weight is 311 g/mol. The van der Waals surface area contributed by atoms with E-state index in [9.17, 15) is 4.79 Å². The van der Waals surface area contributed by atoms with Crippen LogP contribution in [0.4, 0.5) is 5.69 Å². The predicted molar refractivity (Wildman–Crippen MR) is 92.9 cm³/mol. The Kier molecular flexibility index (Phi) is 3.90. The van der Waals surface area contributed by atoms with Crippen LogP contribution in [0.15, 0.2) is 29.1 Å². The molecule has 0 spiro atoms. The second-order valence-corrected chi connectivity index (χ2v) is 5.87. The number of benzene rings is 1. The fourth-order valence-electron chi connectivity index (χ4n) is 2.71. The predicted octanol–water partition coefficient (Wildman–Crippen LogP) is 2.34. The Labute approximate surface area is 134 Å². The highest BCUT2D eigenvalue weighted by Gasteiger charge is 2.15. The van der Waals surface area contributed by atoms with Crippen molar-refractivity contribution in [2.75, 3.05) is 19.0 Å². The first-order chi connectivity index (χ1) is 11.0. The van der Waals surface area contributed by atoms with Crippen LogP contribution in [0.5, 0.6) is 0 Å². The second kappa shape index (κ2) is 5.87. The van der Waals surface area contributed by atoms with Gasteiger partial charge in [0.25, 0.3) is 5.56 Å². The summed E-state index contributed by atoms with van der Waals surface area (Å²) in [6, 6.07) is 7.95. The lowest BCUT2D eigenvalue weighted by Crippen LogP contribution is -2.12. The Morgan fingerprint density at radius 3 is 2.52 bits per heavy atom. The van der Waals surface area contributed by atoms with E-state index in [1.165, 1.54) is 0 Å². The van der Waals surface area contributed by atoms with Gasteiger partial charge in [-0.3, -0.25) is 9.48 Å². The standard InChI is InChI=1S/C17H21N5O/c1-5-6-13-14-15(22(4)20-13)17(23)19-16(18-14)11-7-9-12(10-8-11)21(2)3/h7-10H,5-6H2,1-4H3,(H,18,19,23). The normalized spacial score (nSPS) is 11.1. The number of rotatable bonds is 4. The highest BCUT2D eigenvalue weighted by molar-refractivity contribution is 5.79. The first-order valence-corrected chi connectivity index (χ1v) is 7.75. The first-order valence-electron chi connectivity index (χ1n) is 7.75. The number of nitrogens with one attached hydrogen (secondary N) is 1.